The van der Waals surface area contributed by atoms with E-state index in [0.29, 0.717) is 19.3 Å². The van der Waals surface area contributed by atoms with E-state index in [-0.39, 0.29) is 31.1 Å². The molecule has 0 amide bonds. The molecule has 0 radical (unpaired) electrons. The van der Waals surface area contributed by atoms with Crippen LogP contribution in [0.15, 0.2) is 0 Å². The molecule has 374 valence electrons. The zero-order chi connectivity index (χ0) is 46.1. The molecule has 63 heavy (non-hydrogen) atoms. The van der Waals surface area contributed by atoms with Crippen LogP contribution in [0, 0.1) is 11.8 Å². The molecule has 1 unspecified atom stereocenters. The third kappa shape index (κ3) is 49.7. The van der Waals surface area contributed by atoms with Crippen LogP contribution in [-0.2, 0) is 28.6 Å². The van der Waals surface area contributed by atoms with Crippen LogP contribution in [-0.4, -0.2) is 37.2 Å². The standard InChI is InChI=1S/C57H110O6/c1-6-8-9-10-11-12-27-32-37-42-47-55(58)61-50-54(51-62-56(59)48-43-38-33-28-24-23-26-31-36-41-46-53(5)7-2)63-57(60)49-44-39-34-29-22-20-18-16-14-13-15-17-19-21-25-30-35-40-45-52(3)4/h52-54H,6-51H2,1-5H3/t53?,54-/m0/s1. The normalized spacial score (nSPS) is 12.5. The van der Waals surface area contributed by atoms with Gasteiger partial charge in [-0.25, -0.2) is 0 Å². The number of esters is 3. The van der Waals surface area contributed by atoms with Gasteiger partial charge in [-0.2, -0.15) is 0 Å². The van der Waals surface area contributed by atoms with Crippen molar-refractivity contribution in [1.82, 2.24) is 0 Å². The summed E-state index contributed by atoms with van der Waals surface area (Å²) in [6.45, 7) is 11.4. The second-order valence-electron chi connectivity index (χ2n) is 20.3. The largest absolute Gasteiger partial charge is 0.462 e. The second kappa shape index (κ2) is 49.8. The van der Waals surface area contributed by atoms with Crippen molar-refractivity contribution in [2.75, 3.05) is 13.2 Å². The fourth-order valence-electron chi connectivity index (χ4n) is 8.66. The highest BCUT2D eigenvalue weighted by Gasteiger charge is 2.19. The summed E-state index contributed by atoms with van der Waals surface area (Å²) in [5, 5.41) is 0. The Bertz CT molecular complexity index is 964. The van der Waals surface area contributed by atoms with Gasteiger partial charge < -0.3 is 14.2 Å². The van der Waals surface area contributed by atoms with Gasteiger partial charge in [-0.3, -0.25) is 14.4 Å². The SMILES string of the molecule is CCCCCCCCCCCCC(=O)OC[C@@H](COC(=O)CCCCCCCCCCCCC(C)CC)OC(=O)CCCCCCCCCCCCCCCCCCCCC(C)C. The highest BCUT2D eigenvalue weighted by atomic mass is 16.6. The molecule has 0 aromatic rings. The van der Waals surface area contributed by atoms with Crippen LogP contribution in [0.4, 0.5) is 0 Å². The van der Waals surface area contributed by atoms with Crippen molar-refractivity contribution in [3.05, 3.63) is 0 Å². The summed E-state index contributed by atoms with van der Waals surface area (Å²) in [6, 6.07) is 0. The average Bonchev–Trinajstić information content (AvgIpc) is 3.27. The molecule has 6 nitrogen and oxygen atoms in total. The van der Waals surface area contributed by atoms with Crippen molar-refractivity contribution in [1.29, 1.82) is 0 Å². The fourth-order valence-corrected chi connectivity index (χ4v) is 8.66. The third-order valence-electron chi connectivity index (χ3n) is 13.3. The Morgan fingerprint density at radius 2 is 0.603 bits per heavy atom. The monoisotopic (exact) mass is 891 g/mol. The van der Waals surface area contributed by atoms with Crippen LogP contribution in [0.5, 0.6) is 0 Å². The van der Waals surface area contributed by atoms with Crippen molar-refractivity contribution in [2.45, 2.75) is 323 Å². The van der Waals surface area contributed by atoms with Gasteiger partial charge in [0.05, 0.1) is 0 Å². The van der Waals surface area contributed by atoms with Gasteiger partial charge in [0.1, 0.15) is 13.2 Å². The average molecular weight is 892 g/mol. The number of ether oxygens (including phenoxy) is 3. The number of carbonyl (C=O) groups is 3. The zero-order valence-corrected chi connectivity index (χ0v) is 43.2. The van der Waals surface area contributed by atoms with Gasteiger partial charge in [0, 0.05) is 19.3 Å². The summed E-state index contributed by atoms with van der Waals surface area (Å²) >= 11 is 0. The number of hydrogen-bond donors (Lipinski definition) is 0. The Kier molecular flexibility index (Phi) is 48.6. The molecule has 0 N–H and O–H groups in total. The van der Waals surface area contributed by atoms with Gasteiger partial charge >= 0.3 is 17.9 Å². The van der Waals surface area contributed by atoms with Crippen molar-refractivity contribution in [3.8, 4) is 0 Å². The fraction of sp³-hybridized carbons (Fsp3) is 0.947. The Balaban J connectivity index is 4.23. The van der Waals surface area contributed by atoms with E-state index in [0.717, 1.165) is 69.6 Å². The van der Waals surface area contributed by atoms with E-state index in [9.17, 15) is 14.4 Å². The molecule has 0 heterocycles. The van der Waals surface area contributed by atoms with E-state index >= 15 is 0 Å². The summed E-state index contributed by atoms with van der Waals surface area (Å²) in [4.78, 5) is 38.0. The molecule has 0 aliphatic heterocycles. The molecular weight excluding hydrogens is 781 g/mol. The molecule has 0 aromatic heterocycles. The molecule has 0 saturated carbocycles. The van der Waals surface area contributed by atoms with Gasteiger partial charge in [0.25, 0.3) is 0 Å². The minimum absolute atomic E-state index is 0.0632. The van der Waals surface area contributed by atoms with Gasteiger partial charge in [0.15, 0.2) is 6.10 Å². The summed E-state index contributed by atoms with van der Waals surface area (Å²) in [5.41, 5.74) is 0. The van der Waals surface area contributed by atoms with Gasteiger partial charge in [-0.1, -0.05) is 279 Å². The molecular formula is C57H110O6. The molecule has 0 rings (SSSR count). The maximum Gasteiger partial charge on any atom is 0.306 e. The van der Waals surface area contributed by atoms with Gasteiger partial charge in [-0.05, 0) is 31.1 Å². The van der Waals surface area contributed by atoms with Crippen LogP contribution in [0.3, 0.4) is 0 Å². The maximum atomic E-state index is 12.8. The van der Waals surface area contributed by atoms with Crippen molar-refractivity contribution in [3.63, 3.8) is 0 Å². The summed E-state index contributed by atoms with van der Waals surface area (Å²) in [6.07, 6.45) is 52.3. The molecule has 2 atom stereocenters. The number of carbonyl (C=O) groups excluding carboxylic acids is 3. The first-order chi connectivity index (χ1) is 30.8. The molecule has 0 saturated heterocycles. The van der Waals surface area contributed by atoms with Crippen LogP contribution in [0.2, 0.25) is 0 Å². The zero-order valence-electron chi connectivity index (χ0n) is 43.2. The Morgan fingerprint density at radius 3 is 0.905 bits per heavy atom. The predicted octanol–water partition coefficient (Wildman–Crippen LogP) is 18.5. The summed E-state index contributed by atoms with van der Waals surface area (Å²) in [5.74, 6) is 0.884. The summed E-state index contributed by atoms with van der Waals surface area (Å²) < 4.78 is 16.8. The molecule has 0 aliphatic carbocycles. The predicted molar refractivity (Wildman–Crippen MR) is 270 cm³/mol. The molecule has 0 aromatic carbocycles. The molecule has 6 heteroatoms. The highest BCUT2D eigenvalue weighted by Crippen LogP contribution is 2.18. The first kappa shape index (κ1) is 61.4. The smallest absolute Gasteiger partial charge is 0.306 e. The first-order valence-electron chi connectivity index (χ1n) is 28.3. The van der Waals surface area contributed by atoms with Crippen molar-refractivity contribution >= 4 is 17.9 Å². The number of rotatable bonds is 51. The minimum Gasteiger partial charge on any atom is -0.462 e. The van der Waals surface area contributed by atoms with E-state index in [4.69, 9.17) is 14.2 Å². The lowest BCUT2D eigenvalue weighted by atomic mass is 9.99. The highest BCUT2D eigenvalue weighted by molar-refractivity contribution is 5.71. The van der Waals surface area contributed by atoms with Crippen LogP contribution < -0.4 is 0 Å². The lowest BCUT2D eigenvalue weighted by Crippen LogP contribution is -2.30. The molecule has 0 fully saturated rings. The molecule has 0 aliphatic rings. The van der Waals surface area contributed by atoms with Crippen molar-refractivity contribution < 1.29 is 28.6 Å². The van der Waals surface area contributed by atoms with Crippen LogP contribution >= 0.6 is 0 Å². The van der Waals surface area contributed by atoms with Gasteiger partial charge in [0.2, 0.25) is 0 Å². The van der Waals surface area contributed by atoms with Crippen LogP contribution in [0.1, 0.15) is 317 Å². The van der Waals surface area contributed by atoms with Crippen molar-refractivity contribution in [2.24, 2.45) is 11.8 Å². The molecule has 0 bridgehead atoms. The molecule has 0 spiro atoms. The van der Waals surface area contributed by atoms with Gasteiger partial charge in [-0.15, -0.1) is 0 Å². The lowest BCUT2D eigenvalue weighted by Gasteiger charge is -2.18. The number of unbranched alkanes of at least 4 members (excludes halogenated alkanes) is 35. The topological polar surface area (TPSA) is 78.9 Å². The second-order valence-corrected chi connectivity index (χ2v) is 20.3. The first-order valence-corrected chi connectivity index (χ1v) is 28.3. The Morgan fingerprint density at radius 1 is 0.333 bits per heavy atom. The van der Waals surface area contributed by atoms with E-state index < -0.39 is 6.10 Å². The van der Waals surface area contributed by atoms with E-state index in [1.165, 1.54) is 205 Å². The Labute approximate surface area is 393 Å². The Hall–Kier alpha value is -1.59. The lowest BCUT2D eigenvalue weighted by molar-refractivity contribution is -0.167. The summed E-state index contributed by atoms with van der Waals surface area (Å²) in [7, 11) is 0. The van der Waals surface area contributed by atoms with E-state index in [2.05, 4.69) is 34.6 Å². The minimum atomic E-state index is -0.762. The van der Waals surface area contributed by atoms with E-state index in [1.807, 2.05) is 0 Å². The maximum absolute atomic E-state index is 12.8. The van der Waals surface area contributed by atoms with E-state index in [1.54, 1.807) is 0 Å². The number of hydrogen-bond acceptors (Lipinski definition) is 6. The van der Waals surface area contributed by atoms with Crippen LogP contribution in [0.25, 0.3) is 0 Å². The third-order valence-corrected chi connectivity index (χ3v) is 13.3. The quantitative estimate of drug-likeness (QED) is 0.0344.